The highest BCUT2D eigenvalue weighted by Crippen LogP contribution is 1.97. The molecule has 0 radical (unpaired) electrons. The van der Waals surface area contributed by atoms with Gasteiger partial charge in [-0.05, 0) is 33.4 Å². The van der Waals surface area contributed by atoms with Crippen LogP contribution in [0.2, 0.25) is 0 Å². The molecule has 0 aromatic carbocycles. The van der Waals surface area contributed by atoms with E-state index in [2.05, 4.69) is 31.0 Å². The summed E-state index contributed by atoms with van der Waals surface area (Å²) in [6.45, 7) is 14.7. The van der Waals surface area contributed by atoms with Crippen LogP contribution in [-0.2, 0) is 4.74 Å². The van der Waals surface area contributed by atoms with Crippen LogP contribution in [0, 0.1) is 0 Å². The fourth-order valence-corrected chi connectivity index (χ4v) is 1.63. The van der Waals surface area contributed by atoms with Crippen LogP contribution < -0.4 is 5.32 Å². The number of hydrogen-bond acceptors (Lipinski definition) is 3. The summed E-state index contributed by atoms with van der Waals surface area (Å²) in [6, 6.07) is 0.599. The molecule has 92 valence electrons. The lowest BCUT2D eigenvalue weighted by Crippen LogP contribution is -2.42. The molecule has 0 amide bonds. The average molecular weight is 216 g/mol. The molecule has 15 heavy (non-hydrogen) atoms. The molecule has 0 bridgehead atoms. The van der Waals surface area contributed by atoms with Crippen LogP contribution in [0.25, 0.3) is 0 Å². The molecule has 0 saturated heterocycles. The van der Waals surface area contributed by atoms with Gasteiger partial charge in [-0.25, -0.2) is 0 Å². The van der Waals surface area contributed by atoms with Gasteiger partial charge in [0.1, 0.15) is 0 Å². The normalized spacial score (nSPS) is 13.4. The van der Waals surface area contributed by atoms with Crippen molar-refractivity contribution in [1.29, 1.82) is 0 Å². The van der Waals surface area contributed by atoms with E-state index in [4.69, 9.17) is 4.74 Å². The number of hydrogen-bond donors (Lipinski definition) is 1. The predicted molar refractivity (Wildman–Crippen MR) is 66.4 cm³/mol. The second-order valence-electron chi connectivity index (χ2n) is 3.88. The van der Waals surface area contributed by atoms with E-state index in [1.807, 2.05) is 6.92 Å². The Morgan fingerprint density at radius 2 is 2.00 bits per heavy atom. The smallest absolute Gasteiger partial charge is 0.0593 e. The molecule has 0 aromatic rings. The number of likely N-dealkylation sites (N-methyl/N-ethyl adjacent to an activating group) is 1. The van der Waals surface area contributed by atoms with E-state index in [0.29, 0.717) is 6.04 Å². The molecular formula is C12H28N2O. The van der Waals surface area contributed by atoms with Crippen LogP contribution >= 0.6 is 0 Å². The van der Waals surface area contributed by atoms with E-state index in [9.17, 15) is 0 Å². The Kier molecular flexibility index (Phi) is 10.3. The van der Waals surface area contributed by atoms with Crippen molar-refractivity contribution in [3.8, 4) is 0 Å². The zero-order chi connectivity index (χ0) is 11.5. The molecule has 0 saturated carbocycles. The van der Waals surface area contributed by atoms with Gasteiger partial charge in [0.05, 0.1) is 6.61 Å². The topological polar surface area (TPSA) is 24.5 Å². The molecule has 0 aliphatic heterocycles. The number of rotatable bonds is 10. The first-order chi connectivity index (χ1) is 7.26. The quantitative estimate of drug-likeness (QED) is 0.563. The van der Waals surface area contributed by atoms with Gasteiger partial charge >= 0.3 is 0 Å². The minimum atomic E-state index is 0.599. The molecule has 1 unspecified atom stereocenters. The van der Waals surface area contributed by atoms with Gasteiger partial charge in [-0.2, -0.15) is 0 Å². The van der Waals surface area contributed by atoms with Crippen LogP contribution in [-0.4, -0.2) is 50.3 Å². The number of nitrogens with zero attached hydrogens (tertiary/aromatic N) is 1. The third-order valence-corrected chi connectivity index (χ3v) is 2.62. The molecule has 0 spiro atoms. The van der Waals surface area contributed by atoms with E-state index in [-0.39, 0.29) is 0 Å². The summed E-state index contributed by atoms with van der Waals surface area (Å²) in [6.07, 6.45) is 1.21. The lowest BCUT2D eigenvalue weighted by Gasteiger charge is -2.27. The molecule has 0 aliphatic carbocycles. The van der Waals surface area contributed by atoms with Crippen LogP contribution in [0.1, 0.15) is 34.1 Å². The van der Waals surface area contributed by atoms with Gasteiger partial charge < -0.3 is 10.1 Å². The minimum Gasteiger partial charge on any atom is -0.380 e. The third kappa shape index (κ3) is 7.77. The van der Waals surface area contributed by atoms with Gasteiger partial charge in [-0.3, -0.25) is 4.90 Å². The molecule has 0 aromatic heterocycles. The standard InChI is InChI=1S/C12H28N2O/c1-5-8-13-11-12(4)14(6-2)9-10-15-7-3/h12-13H,5-11H2,1-4H3. The first-order valence-corrected chi connectivity index (χ1v) is 6.28. The third-order valence-electron chi connectivity index (χ3n) is 2.62. The molecule has 1 atom stereocenters. The van der Waals surface area contributed by atoms with Crippen molar-refractivity contribution in [2.45, 2.75) is 40.2 Å². The first-order valence-electron chi connectivity index (χ1n) is 6.28. The molecule has 3 nitrogen and oxygen atoms in total. The molecule has 3 heteroatoms. The molecule has 0 aliphatic rings. The highest BCUT2D eigenvalue weighted by Gasteiger charge is 2.10. The second kappa shape index (κ2) is 10.4. The van der Waals surface area contributed by atoms with E-state index < -0.39 is 0 Å². The van der Waals surface area contributed by atoms with E-state index in [0.717, 1.165) is 39.4 Å². The maximum absolute atomic E-state index is 5.38. The SMILES string of the molecule is CCCNCC(C)N(CC)CCOCC. The Bertz CT molecular complexity index is 131. The lowest BCUT2D eigenvalue weighted by atomic mass is 10.2. The van der Waals surface area contributed by atoms with Crippen molar-refractivity contribution in [2.24, 2.45) is 0 Å². The summed E-state index contributed by atoms with van der Waals surface area (Å²) in [5, 5.41) is 3.46. The second-order valence-corrected chi connectivity index (χ2v) is 3.88. The van der Waals surface area contributed by atoms with Gasteiger partial charge in [0, 0.05) is 25.7 Å². The van der Waals surface area contributed by atoms with E-state index >= 15 is 0 Å². The monoisotopic (exact) mass is 216 g/mol. The molecular weight excluding hydrogens is 188 g/mol. The average Bonchev–Trinajstić information content (AvgIpc) is 2.24. The predicted octanol–water partition coefficient (Wildman–Crippen LogP) is 1.73. The van der Waals surface area contributed by atoms with Gasteiger partial charge in [-0.15, -0.1) is 0 Å². The number of ether oxygens (including phenoxy) is 1. The zero-order valence-corrected chi connectivity index (χ0v) is 10.9. The Balaban J connectivity index is 3.62. The van der Waals surface area contributed by atoms with Crippen molar-refractivity contribution < 1.29 is 4.74 Å². The first kappa shape index (κ1) is 14.9. The summed E-state index contributed by atoms with van der Waals surface area (Å²) in [4.78, 5) is 2.46. The van der Waals surface area contributed by atoms with Crippen molar-refractivity contribution in [1.82, 2.24) is 10.2 Å². The van der Waals surface area contributed by atoms with Crippen LogP contribution in [0.15, 0.2) is 0 Å². The summed E-state index contributed by atoms with van der Waals surface area (Å²) in [5.74, 6) is 0. The Morgan fingerprint density at radius 1 is 1.27 bits per heavy atom. The zero-order valence-electron chi connectivity index (χ0n) is 10.9. The summed E-state index contributed by atoms with van der Waals surface area (Å²) in [7, 11) is 0. The lowest BCUT2D eigenvalue weighted by molar-refractivity contribution is 0.0999. The van der Waals surface area contributed by atoms with Gasteiger partial charge in [-0.1, -0.05) is 13.8 Å². The molecule has 0 fully saturated rings. The summed E-state index contributed by atoms with van der Waals surface area (Å²) >= 11 is 0. The summed E-state index contributed by atoms with van der Waals surface area (Å²) < 4.78 is 5.38. The highest BCUT2D eigenvalue weighted by molar-refractivity contribution is 4.68. The molecule has 0 heterocycles. The van der Waals surface area contributed by atoms with E-state index in [1.165, 1.54) is 6.42 Å². The fraction of sp³-hybridized carbons (Fsp3) is 1.00. The molecule has 0 rings (SSSR count). The Hall–Kier alpha value is -0.120. The Morgan fingerprint density at radius 3 is 2.53 bits per heavy atom. The molecule has 1 N–H and O–H groups in total. The van der Waals surface area contributed by atoms with Gasteiger partial charge in [0.15, 0.2) is 0 Å². The van der Waals surface area contributed by atoms with Crippen LogP contribution in [0.4, 0.5) is 0 Å². The maximum atomic E-state index is 5.38. The van der Waals surface area contributed by atoms with Crippen molar-refractivity contribution in [3.63, 3.8) is 0 Å². The van der Waals surface area contributed by atoms with Crippen molar-refractivity contribution in [3.05, 3.63) is 0 Å². The van der Waals surface area contributed by atoms with E-state index in [1.54, 1.807) is 0 Å². The van der Waals surface area contributed by atoms with Crippen LogP contribution in [0.3, 0.4) is 0 Å². The van der Waals surface area contributed by atoms with Gasteiger partial charge in [0.25, 0.3) is 0 Å². The minimum absolute atomic E-state index is 0.599. The van der Waals surface area contributed by atoms with Crippen molar-refractivity contribution in [2.75, 3.05) is 39.4 Å². The fourth-order valence-electron chi connectivity index (χ4n) is 1.63. The van der Waals surface area contributed by atoms with Gasteiger partial charge in [0.2, 0.25) is 0 Å². The number of nitrogens with one attached hydrogen (secondary N) is 1. The van der Waals surface area contributed by atoms with Crippen LogP contribution in [0.5, 0.6) is 0 Å². The van der Waals surface area contributed by atoms with Crippen molar-refractivity contribution >= 4 is 0 Å². The summed E-state index contributed by atoms with van der Waals surface area (Å²) in [5.41, 5.74) is 0. The highest BCUT2D eigenvalue weighted by atomic mass is 16.5. The maximum Gasteiger partial charge on any atom is 0.0593 e. The Labute approximate surface area is 95.2 Å². The largest absolute Gasteiger partial charge is 0.380 e.